The van der Waals surface area contributed by atoms with Crippen LogP contribution in [0.5, 0.6) is 5.75 Å². The Labute approximate surface area is 277 Å². The molecule has 1 aliphatic heterocycles. The minimum atomic E-state index is -1.31. The Morgan fingerprint density at radius 2 is 1.19 bits per heavy atom. The Bertz CT molecular complexity index is 952. The summed E-state index contributed by atoms with van der Waals surface area (Å²) in [6, 6.07) is 6.07. The van der Waals surface area contributed by atoms with Crippen LogP contribution in [-0.4, -0.2) is 146 Å². The first-order chi connectivity index (χ1) is 19.6. The maximum atomic E-state index is 12.4. The topological polar surface area (TPSA) is 189 Å². The molecule has 1 N–H and O–H groups in total. The summed E-state index contributed by atoms with van der Waals surface area (Å²) in [5, 5.41) is 44.1. The number of aliphatic carboxylic acids is 4. The van der Waals surface area contributed by atoms with Crippen LogP contribution in [0.15, 0.2) is 24.3 Å². The van der Waals surface area contributed by atoms with Crippen molar-refractivity contribution in [3.05, 3.63) is 29.8 Å². The Hall–Kier alpha value is -1.98. The predicted molar refractivity (Wildman–Crippen MR) is 139 cm³/mol. The van der Waals surface area contributed by atoms with Gasteiger partial charge in [0.2, 0.25) is 0 Å². The van der Waals surface area contributed by atoms with E-state index in [-0.39, 0.29) is 98.7 Å². The van der Waals surface area contributed by atoms with Crippen molar-refractivity contribution in [3.8, 4) is 5.75 Å². The zero-order valence-electron chi connectivity index (χ0n) is 23.8. The van der Waals surface area contributed by atoms with Crippen molar-refractivity contribution in [2.75, 3.05) is 91.8 Å². The van der Waals surface area contributed by atoms with E-state index in [9.17, 15) is 39.6 Å². The van der Waals surface area contributed by atoms with Crippen LogP contribution in [0, 0.1) is 39.9 Å². The molecule has 235 valence electrons. The molecule has 0 saturated carbocycles. The molecule has 2 rings (SSSR count). The molecular formula is C27H39GdN4O10. The second kappa shape index (κ2) is 20.8. The molecular weight excluding hydrogens is 698 g/mol. The van der Waals surface area contributed by atoms with E-state index in [0.29, 0.717) is 25.6 Å². The van der Waals surface area contributed by atoms with E-state index in [4.69, 9.17) is 9.47 Å². The summed E-state index contributed by atoms with van der Waals surface area (Å²) in [5.41, 5.74) is 0.747. The number of benzene rings is 1. The molecule has 1 saturated heterocycles. The summed E-state index contributed by atoms with van der Waals surface area (Å²) in [7, 11) is 0. The third-order valence-corrected chi connectivity index (χ3v) is 6.71. The van der Waals surface area contributed by atoms with E-state index in [1.54, 1.807) is 43.9 Å². The summed E-state index contributed by atoms with van der Waals surface area (Å²) in [5.74, 6) is -4.39. The molecule has 0 bridgehead atoms. The molecule has 1 atom stereocenters. The number of carboxylic acid groups (broad SMARTS) is 4. The van der Waals surface area contributed by atoms with Gasteiger partial charge in [0.05, 0.1) is 24.5 Å². The zero-order chi connectivity index (χ0) is 30.2. The summed E-state index contributed by atoms with van der Waals surface area (Å²) in [4.78, 5) is 52.8. The number of hydrogen-bond donors (Lipinski definition) is 1. The van der Waals surface area contributed by atoms with Gasteiger partial charge in [-0.05, 0) is 31.0 Å². The van der Waals surface area contributed by atoms with Gasteiger partial charge in [-0.25, -0.2) is 0 Å². The van der Waals surface area contributed by atoms with Crippen LogP contribution in [0.2, 0.25) is 0 Å². The fourth-order valence-corrected chi connectivity index (χ4v) is 4.57. The molecule has 0 aromatic heterocycles. The number of nitrogens with zero attached hydrogens (tertiary/aromatic N) is 4. The first kappa shape index (κ1) is 38.0. The Morgan fingerprint density at radius 3 is 1.57 bits per heavy atom. The standard InChI is InChI=1S/C27H42N4O10.Gd/c1-2-40-15-16-41-22-5-3-21(4-6-22)17-23(27(38)39)31-13-11-29(19-25(34)35)9-7-28(18-24(32)33)8-10-30(12-14-31)20-26(36)37;/h3-6,23H,2,7-20H2,1H3,(H,32,33)(H,34,35)(H,36,37)(H,38,39);/q;+3/p-3. The number of carboxylic acids is 4. The van der Waals surface area contributed by atoms with E-state index in [2.05, 4.69) is 0 Å². The van der Waals surface area contributed by atoms with Crippen molar-refractivity contribution in [1.29, 1.82) is 0 Å². The van der Waals surface area contributed by atoms with Gasteiger partial charge in [-0.15, -0.1) is 0 Å². The summed E-state index contributed by atoms with van der Waals surface area (Å²) in [6.45, 7) is 3.49. The monoisotopic (exact) mass is 737 g/mol. The van der Waals surface area contributed by atoms with Crippen LogP contribution < -0.4 is 20.1 Å². The summed E-state index contributed by atoms with van der Waals surface area (Å²) in [6.07, 6.45) is 0.148. The van der Waals surface area contributed by atoms with Crippen LogP contribution in [0.4, 0.5) is 0 Å². The molecule has 42 heavy (non-hydrogen) atoms. The van der Waals surface area contributed by atoms with Gasteiger partial charge in [-0.3, -0.25) is 24.4 Å². The van der Waals surface area contributed by atoms with Crippen molar-refractivity contribution in [2.45, 2.75) is 19.4 Å². The average molecular weight is 737 g/mol. The zero-order valence-corrected chi connectivity index (χ0v) is 26.0. The molecule has 0 spiro atoms. The number of carbonyl (C=O) groups is 4. The van der Waals surface area contributed by atoms with E-state index < -0.39 is 49.6 Å². The molecule has 1 aromatic carbocycles. The normalized spacial score (nSPS) is 17.3. The van der Waals surface area contributed by atoms with Gasteiger partial charge in [-0.2, -0.15) is 0 Å². The minimum absolute atomic E-state index is 0. The Balaban J connectivity index is 0.00000882. The summed E-state index contributed by atoms with van der Waals surface area (Å²) >= 11 is 0. The van der Waals surface area contributed by atoms with E-state index in [1.807, 2.05) is 6.92 Å². The van der Waals surface area contributed by atoms with Gasteiger partial charge < -0.3 is 44.3 Å². The van der Waals surface area contributed by atoms with Gasteiger partial charge >= 0.3 is 45.9 Å². The molecule has 1 aromatic rings. The third-order valence-electron chi connectivity index (χ3n) is 6.71. The molecule has 0 amide bonds. The Morgan fingerprint density at radius 1 is 0.762 bits per heavy atom. The predicted octanol–water partition coefficient (Wildman–Crippen LogP) is -4.43. The van der Waals surface area contributed by atoms with Gasteiger partial charge in [0.25, 0.3) is 0 Å². The van der Waals surface area contributed by atoms with Crippen LogP contribution in [-0.2, 0) is 30.3 Å². The van der Waals surface area contributed by atoms with Gasteiger partial charge in [0, 0.05) is 78.6 Å². The maximum absolute atomic E-state index is 12.4. The average Bonchev–Trinajstić information content (AvgIpc) is 2.90. The van der Waals surface area contributed by atoms with Gasteiger partial charge in [0.1, 0.15) is 18.4 Å². The van der Waals surface area contributed by atoms with Crippen LogP contribution >= 0.6 is 0 Å². The smallest absolute Gasteiger partial charge is 0.549 e. The maximum Gasteiger partial charge on any atom is 3.00 e. The number of ether oxygens (including phenoxy) is 2. The van der Waals surface area contributed by atoms with Crippen LogP contribution in [0.25, 0.3) is 0 Å². The van der Waals surface area contributed by atoms with E-state index >= 15 is 0 Å². The molecule has 0 aliphatic carbocycles. The fourth-order valence-electron chi connectivity index (χ4n) is 4.57. The largest absolute Gasteiger partial charge is 3.00 e. The Kier molecular flexibility index (Phi) is 18.9. The van der Waals surface area contributed by atoms with Gasteiger partial charge in [-0.1, -0.05) is 12.1 Å². The molecule has 1 radical (unpaired) electrons. The molecule has 1 fully saturated rings. The number of rotatable bonds is 15. The minimum Gasteiger partial charge on any atom is -0.549 e. The van der Waals surface area contributed by atoms with Crippen molar-refractivity contribution < 1.29 is 89.0 Å². The molecule has 15 heteroatoms. The third kappa shape index (κ3) is 15.5. The second-order valence-corrected chi connectivity index (χ2v) is 9.73. The molecule has 1 unspecified atom stereocenters. The fraction of sp³-hybridized carbons (Fsp3) is 0.630. The second-order valence-electron chi connectivity index (χ2n) is 9.73. The van der Waals surface area contributed by atoms with E-state index in [1.165, 1.54) is 0 Å². The van der Waals surface area contributed by atoms with Crippen molar-refractivity contribution in [1.82, 2.24) is 19.6 Å². The van der Waals surface area contributed by atoms with Gasteiger partial charge in [0.15, 0.2) is 0 Å². The molecule has 1 heterocycles. The summed E-state index contributed by atoms with van der Waals surface area (Å²) < 4.78 is 10.9. The molecule has 1 aliphatic rings. The number of carbonyl (C=O) groups excluding carboxylic acids is 3. The van der Waals surface area contributed by atoms with E-state index in [0.717, 1.165) is 5.56 Å². The quantitative estimate of drug-likeness (QED) is 0.170. The number of hydrogen-bond acceptors (Lipinski definition) is 13. The van der Waals surface area contributed by atoms with Crippen molar-refractivity contribution in [3.63, 3.8) is 0 Å². The van der Waals surface area contributed by atoms with Crippen molar-refractivity contribution in [2.24, 2.45) is 0 Å². The van der Waals surface area contributed by atoms with Crippen LogP contribution in [0.3, 0.4) is 0 Å². The van der Waals surface area contributed by atoms with Crippen LogP contribution in [0.1, 0.15) is 12.5 Å². The first-order valence-electron chi connectivity index (χ1n) is 13.6. The molecule has 14 nitrogen and oxygen atoms in total. The first-order valence-corrected chi connectivity index (χ1v) is 13.6. The SMILES string of the molecule is CCOCCOc1ccc(CC(C(=O)O)N2CCN(CC(=O)[O-])CCN(CC(=O)[O-])CCN(CC(=O)[O-])CC2)cc1.[Gd+3]. The van der Waals surface area contributed by atoms with Crippen molar-refractivity contribution >= 4 is 23.9 Å².